The van der Waals surface area contributed by atoms with E-state index in [-0.39, 0.29) is 0 Å². The van der Waals surface area contributed by atoms with Crippen molar-refractivity contribution in [2.75, 3.05) is 4.90 Å². The molecule has 2 heterocycles. The monoisotopic (exact) mass is 308 g/mol. The number of rotatable bonds is 1. The minimum atomic E-state index is -0.395. The van der Waals surface area contributed by atoms with Crippen LogP contribution in [0.4, 0.5) is 11.4 Å². The molecule has 0 spiro atoms. The fourth-order valence-electron chi connectivity index (χ4n) is 2.57. The van der Waals surface area contributed by atoms with Crippen molar-refractivity contribution in [2.45, 2.75) is 11.8 Å². The molecule has 108 valence electrons. The molecule has 0 N–H and O–H groups in total. The number of nitrogens with zero attached hydrogens (tertiary/aromatic N) is 2. The maximum atomic E-state index is 12.1. The van der Waals surface area contributed by atoms with Crippen LogP contribution in [0.2, 0.25) is 0 Å². The number of hydrogen-bond acceptors (Lipinski definition) is 5. The summed E-state index contributed by atoms with van der Waals surface area (Å²) < 4.78 is 0. The van der Waals surface area contributed by atoms with E-state index < -0.39 is 5.97 Å². The molecule has 4 rings (SSSR count). The smallest absolute Gasteiger partial charge is 0.312 e. The Bertz CT molecular complexity index is 828. The van der Waals surface area contributed by atoms with E-state index >= 15 is 0 Å². The average molecular weight is 308 g/mol. The molecule has 2 aliphatic heterocycles. The number of carbonyl (C=O) groups is 1. The minimum Gasteiger partial charge on any atom is -0.312 e. The van der Waals surface area contributed by atoms with Gasteiger partial charge in [-0.25, -0.2) is 4.79 Å². The molecule has 0 unspecified atom stereocenters. The summed E-state index contributed by atoms with van der Waals surface area (Å²) in [5, 5.41) is 4.65. The molecule has 0 amide bonds. The molecule has 0 atom stereocenters. The summed E-state index contributed by atoms with van der Waals surface area (Å²) in [6, 6.07) is 18.1. The Kier molecular flexibility index (Phi) is 3.01. The minimum absolute atomic E-state index is 0.395. The van der Waals surface area contributed by atoms with E-state index in [9.17, 15) is 4.79 Å². The van der Waals surface area contributed by atoms with Crippen LogP contribution in [-0.4, -0.2) is 11.7 Å². The largest absolute Gasteiger partial charge is 0.370 e. The molecule has 0 saturated carbocycles. The lowest BCUT2D eigenvalue weighted by Gasteiger charge is -2.21. The van der Waals surface area contributed by atoms with Gasteiger partial charge in [-0.3, -0.25) is 0 Å². The van der Waals surface area contributed by atoms with Gasteiger partial charge in [0.1, 0.15) is 10.6 Å². The number of oxime groups is 1. The highest BCUT2D eigenvalue weighted by Gasteiger charge is 2.35. The fourth-order valence-corrected chi connectivity index (χ4v) is 3.82. The first kappa shape index (κ1) is 13.2. The van der Waals surface area contributed by atoms with Crippen LogP contribution in [0.15, 0.2) is 75.3 Å². The van der Waals surface area contributed by atoms with Crippen LogP contribution in [0.25, 0.3) is 0 Å². The summed E-state index contributed by atoms with van der Waals surface area (Å²) in [4.78, 5) is 20.1. The Labute approximate surface area is 132 Å². The highest BCUT2D eigenvalue weighted by molar-refractivity contribution is 8.03. The molecule has 0 bridgehead atoms. The molecule has 0 aromatic heterocycles. The first-order valence-corrected chi connectivity index (χ1v) is 7.70. The zero-order chi connectivity index (χ0) is 15.1. The van der Waals surface area contributed by atoms with E-state index in [2.05, 4.69) is 22.2 Å². The third-order valence-corrected chi connectivity index (χ3v) is 4.72. The summed E-state index contributed by atoms with van der Waals surface area (Å²) in [5.74, 6) is -0.395. The fraction of sp³-hybridized carbons (Fsp3) is 0.0588. The standard InChI is InChI=1S/C17H12N2O2S/c1-11-15(17(20)21-18-11)16-19(12-7-3-2-4-8-12)13-9-5-6-10-14(13)22-16/h2-10H,1H3/b16-15-. The molecule has 0 radical (unpaired) electrons. The highest BCUT2D eigenvalue weighted by Crippen LogP contribution is 2.51. The number of thioether (sulfide) groups is 1. The molecule has 22 heavy (non-hydrogen) atoms. The summed E-state index contributed by atoms with van der Waals surface area (Å²) in [6.07, 6.45) is 0. The van der Waals surface area contributed by atoms with Crippen molar-refractivity contribution < 1.29 is 9.63 Å². The van der Waals surface area contributed by atoms with Crippen LogP contribution >= 0.6 is 11.8 Å². The lowest BCUT2D eigenvalue weighted by atomic mass is 10.1. The third kappa shape index (κ3) is 1.94. The van der Waals surface area contributed by atoms with Gasteiger partial charge < -0.3 is 9.74 Å². The van der Waals surface area contributed by atoms with Crippen molar-refractivity contribution >= 4 is 34.8 Å². The number of hydrogen-bond donors (Lipinski definition) is 0. The molecular weight excluding hydrogens is 296 g/mol. The molecule has 2 aromatic carbocycles. The predicted octanol–water partition coefficient (Wildman–Crippen LogP) is 4.07. The lowest BCUT2D eigenvalue weighted by molar-refractivity contribution is -0.136. The van der Waals surface area contributed by atoms with E-state index in [4.69, 9.17) is 4.84 Å². The van der Waals surface area contributed by atoms with Crippen LogP contribution < -0.4 is 4.90 Å². The highest BCUT2D eigenvalue weighted by atomic mass is 32.2. The Morgan fingerprint density at radius 3 is 2.50 bits per heavy atom. The maximum Gasteiger partial charge on any atom is 0.370 e. The van der Waals surface area contributed by atoms with Crippen molar-refractivity contribution in [3.63, 3.8) is 0 Å². The Morgan fingerprint density at radius 1 is 1.05 bits per heavy atom. The Hall–Kier alpha value is -2.53. The van der Waals surface area contributed by atoms with Crippen LogP contribution in [0.1, 0.15) is 6.92 Å². The molecule has 2 aromatic rings. The molecular formula is C17H12N2O2S. The predicted molar refractivity (Wildman–Crippen MR) is 87.1 cm³/mol. The van der Waals surface area contributed by atoms with E-state index in [1.165, 1.54) is 0 Å². The van der Waals surface area contributed by atoms with Crippen molar-refractivity contribution in [3.8, 4) is 0 Å². The molecule has 0 saturated heterocycles. The van der Waals surface area contributed by atoms with Crippen molar-refractivity contribution in [2.24, 2.45) is 5.16 Å². The van der Waals surface area contributed by atoms with Gasteiger partial charge in [-0.15, -0.1) is 0 Å². The number of anilines is 2. The topological polar surface area (TPSA) is 41.9 Å². The third-order valence-electron chi connectivity index (χ3n) is 3.58. The maximum absolute atomic E-state index is 12.1. The zero-order valence-electron chi connectivity index (χ0n) is 11.8. The Morgan fingerprint density at radius 2 is 1.77 bits per heavy atom. The first-order valence-electron chi connectivity index (χ1n) is 6.88. The molecule has 5 heteroatoms. The first-order chi connectivity index (χ1) is 10.8. The van der Waals surface area contributed by atoms with Gasteiger partial charge in [-0.1, -0.05) is 47.2 Å². The lowest BCUT2D eigenvalue weighted by Crippen LogP contribution is -2.16. The van der Waals surface area contributed by atoms with Gasteiger partial charge in [0.25, 0.3) is 0 Å². The summed E-state index contributed by atoms with van der Waals surface area (Å²) >= 11 is 1.57. The van der Waals surface area contributed by atoms with Crippen molar-refractivity contribution in [1.29, 1.82) is 0 Å². The van der Waals surface area contributed by atoms with Gasteiger partial charge in [-0.2, -0.15) is 0 Å². The summed E-state index contributed by atoms with van der Waals surface area (Å²) in [7, 11) is 0. The number of carbonyl (C=O) groups excluding carboxylic acids is 1. The van der Waals surface area contributed by atoms with Gasteiger partial charge in [0, 0.05) is 10.6 Å². The second-order valence-corrected chi connectivity index (χ2v) is 6.01. The normalized spacial score (nSPS) is 20.0. The van der Waals surface area contributed by atoms with E-state index in [1.54, 1.807) is 18.7 Å². The molecule has 0 fully saturated rings. The SMILES string of the molecule is CC1=NOC(=O)/C1=C1\Sc2ccccc2N1c1ccccc1. The van der Waals surface area contributed by atoms with E-state index in [0.717, 1.165) is 21.3 Å². The number of benzene rings is 2. The van der Waals surface area contributed by atoms with Gasteiger partial charge in [-0.05, 0) is 31.2 Å². The average Bonchev–Trinajstić information content (AvgIpc) is 3.08. The number of fused-ring (bicyclic) bond motifs is 1. The molecule has 2 aliphatic rings. The summed E-state index contributed by atoms with van der Waals surface area (Å²) in [6.45, 7) is 1.79. The zero-order valence-corrected chi connectivity index (χ0v) is 12.6. The van der Waals surface area contributed by atoms with Crippen LogP contribution in [0, 0.1) is 0 Å². The van der Waals surface area contributed by atoms with E-state index in [1.807, 2.05) is 42.5 Å². The van der Waals surface area contributed by atoms with Crippen LogP contribution in [-0.2, 0) is 9.63 Å². The van der Waals surface area contributed by atoms with Crippen LogP contribution in [0.3, 0.4) is 0 Å². The van der Waals surface area contributed by atoms with Gasteiger partial charge in [0.2, 0.25) is 0 Å². The quantitative estimate of drug-likeness (QED) is 0.588. The van der Waals surface area contributed by atoms with Gasteiger partial charge in [0.05, 0.1) is 11.4 Å². The van der Waals surface area contributed by atoms with E-state index in [0.29, 0.717) is 11.3 Å². The number of para-hydroxylation sites is 2. The summed E-state index contributed by atoms with van der Waals surface area (Å²) in [5.41, 5.74) is 3.22. The van der Waals surface area contributed by atoms with Crippen LogP contribution in [0.5, 0.6) is 0 Å². The second-order valence-electron chi connectivity index (χ2n) is 4.98. The van der Waals surface area contributed by atoms with Crippen molar-refractivity contribution in [3.05, 3.63) is 65.2 Å². The second kappa shape index (κ2) is 5.03. The van der Waals surface area contributed by atoms with Crippen molar-refractivity contribution in [1.82, 2.24) is 0 Å². The molecule has 4 nitrogen and oxygen atoms in total. The van der Waals surface area contributed by atoms with Gasteiger partial charge >= 0.3 is 5.97 Å². The molecule has 0 aliphatic carbocycles. The Balaban J connectivity index is 1.95. The van der Waals surface area contributed by atoms with Gasteiger partial charge in [0.15, 0.2) is 0 Å².